The Bertz CT molecular complexity index is 407. The first-order valence-corrected chi connectivity index (χ1v) is 8.24. The summed E-state index contributed by atoms with van der Waals surface area (Å²) >= 11 is 0. The first-order valence-electron chi connectivity index (χ1n) is 5.83. The van der Waals surface area contributed by atoms with Crippen LogP contribution in [0.4, 0.5) is 0 Å². The lowest BCUT2D eigenvalue weighted by Crippen LogP contribution is -2.19. The summed E-state index contributed by atoms with van der Waals surface area (Å²) in [6.07, 6.45) is 5.85. The van der Waals surface area contributed by atoms with Crippen molar-refractivity contribution in [3.63, 3.8) is 0 Å². The van der Waals surface area contributed by atoms with Gasteiger partial charge in [-0.15, -0.1) is 0 Å². The fourth-order valence-electron chi connectivity index (χ4n) is 1.42. The molecular formula is C13H17N3P2. The van der Waals surface area contributed by atoms with E-state index in [1.807, 2.05) is 36.7 Å². The van der Waals surface area contributed by atoms with E-state index in [1.165, 1.54) is 10.9 Å². The zero-order valence-electron chi connectivity index (χ0n) is 10.4. The second-order valence-corrected chi connectivity index (χ2v) is 6.32. The predicted molar refractivity (Wildman–Crippen MR) is 81.9 cm³/mol. The van der Waals surface area contributed by atoms with Gasteiger partial charge in [-0.05, 0) is 31.3 Å². The number of rotatable bonds is 6. The van der Waals surface area contributed by atoms with E-state index < -0.39 is 0 Å². The van der Waals surface area contributed by atoms with Gasteiger partial charge in [0.1, 0.15) is 0 Å². The number of aromatic nitrogens is 2. The van der Waals surface area contributed by atoms with Crippen molar-refractivity contribution in [3.05, 3.63) is 48.8 Å². The molecule has 0 spiro atoms. The Kier molecular flexibility index (Phi) is 5.67. The third-order valence-electron chi connectivity index (χ3n) is 2.39. The van der Waals surface area contributed by atoms with E-state index in [4.69, 9.17) is 0 Å². The SMILES string of the molecule is CN(CPc1ccccn1)CPc1ccccn1. The minimum Gasteiger partial charge on any atom is -0.298 e. The van der Waals surface area contributed by atoms with Crippen LogP contribution in [-0.2, 0) is 0 Å². The van der Waals surface area contributed by atoms with Crippen LogP contribution in [0.25, 0.3) is 0 Å². The smallest absolute Gasteiger partial charge is 0.0612 e. The van der Waals surface area contributed by atoms with E-state index in [0.717, 1.165) is 29.7 Å². The zero-order chi connectivity index (χ0) is 12.6. The van der Waals surface area contributed by atoms with Gasteiger partial charge >= 0.3 is 0 Å². The van der Waals surface area contributed by atoms with Crippen molar-refractivity contribution in [3.8, 4) is 0 Å². The Balaban J connectivity index is 1.71. The fraction of sp³-hybridized carbons (Fsp3) is 0.231. The maximum atomic E-state index is 4.34. The van der Waals surface area contributed by atoms with Crippen LogP contribution in [0.2, 0.25) is 0 Å². The highest BCUT2D eigenvalue weighted by Gasteiger charge is 2.01. The van der Waals surface area contributed by atoms with Crippen molar-refractivity contribution in [1.82, 2.24) is 14.9 Å². The third kappa shape index (κ3) is 4.78. The Morgan fingerprint density at radius 2 is 1.39 bits per heavy atom. The van der Waals surface area contributed by atoms with Gasteiger partial charge in [-0.3, -0.25) is 14.9 Å². The molecule has 0 N–H and O–H groups in total. The molecule has 3 nitrogen and oxygen atoms in total. The van der Waals surface area contributed by atoms with Crippen molar-refractivity contribution < 1.29 is 0 Å². The standard InChI is InChI=1S/C13H17N3P2/c1-16(10-17-12-6-2-4-8-14-12)11-18-13-7-3-5-9-15-13/h2-9,17-18H,10-11H2,1H3. The van der Waals surface area contributed by atoms with Crippen LogP contribution >= 0.6 is 17.2 Å². The van der Waals surface area contributed by atoms with E-state index >= 15 is 0 Å². The minimum absolute atomic E-state index is 0.751. The van der Waals surface area contributed by atoms with Crippen LogP contribution in [0.15, 0.2) is 48.8 Å². The highest BCUT2D eigenvalue weighted by atomic mass is 31.1. The molecule has 0 fully saturated rings. The summed E-state index contributed by atoms with van der Waals surface area (Å²) < 4.78 is 0. The summed E-state index contributed by atoms with van der Waals surface area (Å²) in [7, 11) is 3.66. The Morgan fingerprint density at radius 3 is 1.78 bits per heavy atom. The first kappa shape index (κ1) is 13.5. The molecule has 0 amide bonds. The van der Waals surface area contributed by atoms with E-state index in [1.54, 1.807) is 0 Å². The average Bonchev–Trinajstić information content (AvgIpc) is 2.45. The molecule has 2 atom stereocenters. The van der Waals surface area contributed by atoms with Gasteiger partial charge in [0.05, 0.1) is 10.9 Å². The second kappa shape index (κ2) is 7.53. The molecule has 2 aromatic rings. The first-order chi connectivity index (χ1) is 8.84. The lowest BCUT2D eigenvalue weighted by atomic mass is 10.5. The van der Waals surface area contributed by atoms with Gasteiger partial charge in [0.25, 0.3) is 0 Å². The normalized spacial score (nSPS) is 12.1. The average molecular weight is 277 g/mol. The summed E-state index contributed by atoms with van der Waals surface area (Å²) in [5.41, 5.74) is 2.37. The molecule has 0 saturated carbocycles. The topological polar surface area (TPSA) is 29.0 Å². The number of hydrogen-bond donors (Lipinski definition) is 0. The van der Waals surface area contributed by atoms with E-state index in [0.29, 0.717) is 0 Å². The molecule has 0 aliphatic carbocycles. The fourth-order valence-corrected chi connectivity index (χ4v) is 3.49. The molecule has 0 aliphatic heterocycles. The minimum atomic E-state index is 0.751. The van der Waals surface area contributed by atoms with Crippen molar-refractivity contribution in [2.45, 2.75) is 0 Å². The molecule has 0 saturated heterocycles. The van der Waals surface area contributed by atoms with Crippen molar-refractivity contribution in [2.24, 2.45) is 0 Å². The van der Waals surface area contributed by atoms with Crippen LogP contribution in [0.5, 0.6) is 0 Å². The van der Waals surface area contributed by atoms with E-state index in [9.17, 15) is 0 Å². The maximum Gasteiger partial charge on any atom is 0.0612 e. The monoisotopic (exact) mass is 277 g/mol. The zero-order valence-corrected chi connectivity index (χ0v) is 12.4. The molecule has 94 valence electrons. The summed E-state index contributed by atoms with van der Waals surface area (Å²) in [5.74, 6) is 0. The molecule has 0 bridgehead atoms. The van der Waals surface area contributed by atoms with Crippen LogP contribution < -0.4 is 10.9 Å². The van der Waals surface area contributed by atoms with Gasteiger partial charge in [0.15, 0.2) is 0 Å². The molecule has 2 aromatic heterocycles. The summed E-state index contributed by atoms with van der Waals surface area (Å²) in [6.45, 7) is 0. The molecule has 0 aliphatic rings. The quantitative estimate of drug-likeness (QED) is 0.752. The molecule has 2 unspecified atom stereocenters. The highest BCUT2D eigenvalue weighted by molar-refractivity contribution is 7.47. The van der Waals surface area contributed by atoms with Gasteiger partial charge in [-0.1, -0.05) is 29.3 Å². The molecular weight excluding hydrogens is 260 g/mol. The van der Waals surface area contributed by atoms with Gasteiger partial charge < -0.3 is 0 Å². The second-order valence-electron chi connectivity index (χ2n) is 3.96. The molecule has 5 heteroatoms. The third-order valence-corrected chi connectivity index (χ3v) is 5.10. The van der Waals surface area contributed by atoms with Crippen molar-refractivity contribution in [1.29, 1.82) is 0 Å². The molecule has 18 heavy (non-hydrogen) atoms. The summed E-state index contributed by atoms with van der Waals surface area (Å²) in [4.78, 5) is 11.0. The lowest BCUT2D eigenvalue weighted by Gasteiger charge is -2.15. The largest absolute Gasteiger partial charge is 0.298 e. The van der Waals surface area contributed by atoms with Crippen molar-refractivity contribution in [2.75, 3.05) is 19.6 Å². The molecule has 0 radical (unpaired) electrons. The number of nitrogens with zero attached hydrogens (tertiary/aromatic N) is 3. The van der Waals surface area contributed by atoms with Gasteiger partial charge in [0.2, 0.25) is 0 Å². The van der Waals surface area contributed by atoms with Crippen molar-refractivity contribution >= 4 is 28.0 Å². The molecule has 2 heterocycles. The Labute approximate surface area is 112 Å². The van der Waals surface area contributed by atoms with Gasteiger partial charge in [-0.25, -0.2) is 0 Å². The van der Waals surface area contributed by atoms with Crippen LogP contribution in [0, 0.1) is 0 Å². The molecule has 2 rings (SSSR count). The number of hydrogen-bond acceptors (Lipinski definition) is 3. The van der Waals surface area contributed by atoms with Crippen LogP contribution in [-0.4, -0.2) is 34.5 Å². The highest BCUT2D eigenvalue weighted by Crippen LogP contribution is 2.14. The number of pyridine rings is 2. The Hall–Kier alpha value is -0.880. The maximum absolute atomic E-state index is 4.34. The van der Waals surface area contributed by atoms with Crippen LogP contribution in [0.1, 0.15) is 0 Å². The van der Waals surface area contributed by atoms with Gasteiger partial charge in [0, 0.05) is 25.0 Å². The summed E-state index contributed by atoms with van der Waals surface area (Å²) in [6, 6.07) is 12.2. The predicted octanol–water partition coefficient (Wildman–Crippen LogP) is 1.63. The lowest BCUT2D eigenvalue weighted by molar-refractivity contribution is 0.463. The van der Waals surface area contributed by atoms with E-state index in [2.05, 4.69) is 34.0 Å². The van der Waals surface area contributed by atoms with E-state index in [-0.39, 0.29) is 0 Å². The Morgan fingerprint density at radius 1 is 0.889 bits per heavy atom. The molecule has 0 aromatic carbocycles. The summed E-state index contributed by atoms with van der Waals surface area (Å²) in [5, 5.41) is 0. The van der Waals surface area contributed by atoms with Crippen LogP contribution in [0.3, 0.4) is 0 Å². The van der Waals surface area contributed by atoms with Gasteiger partial charge in [-0.2, -0.15) is 0 Å².